The summed E-state index contributed by atoms with van der Waals surface area (Å²) < 4.78 is 0.836. The van der Waals surface area contributed by atoms with Crippen LogP contribution >= 0.6 is 15.9 Å². The molecule has 2 rings (SSSR count). The van der Waals surface area contributed by atoms with Gasteiger partial charge in [-0.25, -0.2) is 0 Å². The van der Waals surface area contributed by atoms with Crippen molar-refractivity contribution in [3.05, 3.63) is 34.3 Å². The maximum absolute atomic E-state index is 12.2. The Morgan fingerprint density at radius 3 is 2.89 bits per heavy atom. The Hall–Kier alpha value is -0.870. The number of carbonyl (C=O) groups excluding carboxylic acids is 1. The number of halogens is 1. The molecule has 1 aromatic rings. The molecule has 1 amide bonds. The van der Waals surface area contributed by atoms with Crippen molar-refractivity contribution in [2.24, 2.45) is 5.41 Å². The highest BCUT2D eigenvalue weighted by molar-refractivity contribution is 9.10. The summed E-state index contributed by atoms with van der Waals surface area (Å²) in [6.07, 6.45) is 2.41. The van der Waals surface area contributed by atoms with Crippen molar-refractivity contribution in [3.8, 4) is 0 Å². The predicted octanol–water partition coefficient (Wildman–Crippen LogP) is 2.96. The highest BCUT2D eigenvalue weighted by Crippen LogP contribution is 2.29. The van der Waals surface area contributed by atoms with E-state index < -0.39 is 0 Å². The van der Waals surface area contributed by atoms with Gasteiger partial charge in [-0.15, -0.1) is 0 Å². The monoisotopic (exact) mass is 324 g/mol. The molecular formula is C15H21BrN2O. The van der Waals surface area contributed by atoms with Crippen molar-refractivity contribution in [2.45, 2.75) is 32.7 Å². The minimum absolute atomic E-state index is 0.0179. The van der Waals surface area contributed by atoms with E-state index in [-0.39, 0.29) is 11.3 Å². The molecule has 0 aliphatic carbocycles. The highest BCUT2D eigenvalue weighted by atomic mass is 79.9. The van der Waals surface area contributed by atoms with Gasteiger partial charge in [-0.05, 0) is 52.9 Å². The van der Waals surface area contributed by atoms with Gasteiger partial charge >= 0.3 is 0 Å². The Kier molecular flexibility index (Phi) is 4.63. The second-order valence-electron chi connectivity index (χ2n) is 5.79. The first-order valence-corrected chi connectivity index (χ1v) is 7.56. The van der Waals surface area contributed by atoms with Crippen LogP contribution in [-0.2, 0) is 0 Å². The lowest BCUT2D eigenvalue weighted by atomic mass is 9.77. The number of amides is 1. The van der Waals surface area contributed by atoms with Crippen molar-refractivity contribution >= 4 is 21.8 Å². The minimum Gasteiger partial charge on any atom is -0.350 e. The van der Waals surface area contributed by atoms with Crippen LogP contribution in [0, 0.1) is 5.41 Å². The molecule has 2 N–H and O–H groups in total. The molecule has 19 heavy (non-hydrogen) atoms. The van der Waals surface area contributed by atoms with Crippen LogP contribution in [0.3, 0.4) is 0 Å². The van der Waals surface area contributed by atoms with Crippen LogP contribution < -0.4 is 10.6 Å². The smallest absolute Gasteiger partial charge is 0.252 e. The zero-order valence-electron chi connectivity index (χ0n) is 11.5. The molecule has 3 nitrogen and oxygen atoms in total. The van der Waals surface area contributed by atoms with Gasteiger partial charge in [-0.3, -0.25) is 4.79 Å². The van der Waals surface area contributed by atoms with E-state index in [0.717, 1.165) is 11.0 Å². The topological polar surface area (TPSA) is 41.1 Å². The van der Waals surface area contributed by atoms with Gasteiger partial charge in [0.05, 0.1) is 5.56 Å². The van der Waals surface area contributed by atoms with Gasteiger partial charge in [0, 0.05) is 17.1 Å². The lowest BCUT2D eigenvalue weighted by Crippen LogP contribution is -2.52. The number of rotatable bonds is 3. The standard InChI is InChI=1S/C15H21BrN2O/c1-15(2)8-5-9-17-13(15)10-18-14(19)11-6-3-4-7-12(11)16/h3-4,6-7,13,17H,5,8-10H2,1-2H3,(H,18,19). The van der Waals surface area contributed by atoms with Gasteiger partial charge in [0.2, 0.25) is 0 Å². The zero-order valence-corrected chi connectivity index (χ0v) is 13.1. The van der Waals surface area contributed by atoms with E-state index in [1.54, 1.807) is 0 Å². The molecule has 1 aliphatic heterocycles. The summed E-state index contributed by atoms with van der Waals surface area (Å²) in [5, 5.41) is 6.54. The summed E-state index contributed by atoms with van der Waals surface area (Å²) in [6.45, 7) is 6.23. The van der Waals surface area contributed by atoms with Crippen LogP contribution in [0.5, 0.6) is 0 Å². The first-order chi connectivity index (χ1) is 9.00. The third-order valence-corrected chi connectivity index (χ3v) is 4.61. The number of carbonyl (C=O) groups is 1. The fourth-order valence-electron chi connectivity index (χ4n) is 2.55. The van der Waals surface area contributed by atoms with E-state index in [9.17, 15) is 4.79 Å². The van der Waals surface area contributed by atoms with Gasteiger partial charge in [0.25, 0.3) is 5.91 Å². The summed E-state index contributed by atoms with van der Waals surface area (Å²) in [7, 11) is 0. The summed E-state index contributed by atoms with van der Waals surface area (Å²) in [5.74, 6) is -0.0179. The quantitative estimate of drug-likeness (QED) is 0.897. The van der Waals surface area contributed by atoms with Crippen molar-refractivity contribution in [2.75, 3.05) is 13.1 Å². The van der Waals surface area contributed by atoms with Crippen LogP contribution in [0.25, 0.3) is 0 Å². The van der Waals surface area contributed by atoms with Gasteiger partial charge < -0.3 is 10.6 Å². The molecule has 104 valence electrons. The van der Waals surface area contributed by atoms with E-state index in [4.69, 9.17) is 0 Å². The third-order valence-electron chi connectivity index (χ3n) is 3.92. The number of nitrogens with one attached hydrogen (secondary N) is 2. The molecule has 0 radical (unpaired) electrons. The lowest BCUT2D eigenvalue weighted by molar-refractivity contribution is 0.0928. The molecule has 0 saturated carbocycles. The van der Waals surface area contributed by atoms with Crippen LogP contribution in [0.1, 0.15) is 37.0 Å². The molecule has 0 aromatic heterocycles. The summed E-state index contributed by atoms with van der Waals surface area (Å²) >= 11 is 3.41. The summed E-state index contributed by atoms with van der Waals surface area (Å²) in [4.78, 5) is 12.2. The molecule has 0 spiro atoms. The number of piperidine rings is 1. The van der Waals surface area contributed by atoms with Crippen molar-refractivity contribution in [1.82, 2.24) is 10.6 Å². The van der Waals surface area contributed by atoms with Gasteiger partial charge in [-0.1, -0.05) is 26.0 Å². The summed E-state index contributed by atoms with van der Waals surface area (Å²) in [6, 6.07) is 7.85. The average Bonchev–Trinajstić information content (AvgIpc) is 2.37. The Balaban J connectivity index is 1.95. The van der Waals surface area contributed by atoms with Crippen LogP contribution in [0.2, 0.25) is 0 Å². The molecule has 1 aliphatic rings. The van der Waals surface area contributed by atoms with Crippen molar-refractivity contribution < 1.29 is 4.79 Å². The molecule has 1 fully saturated rings. The fourth-order valence-corrected chi connectivity index (χ4v) is 3.02. The van der Waals surface area contributed by atoms with E-state index >= 15 is 0 Å². The van der Waals surface area contributed by atoms with Crippen LogP contribution in [0.4, 0.5) is 0 Å². The molecular weight excluding hydrogens is 304 g/mol. The van der Waals surface area contributed by atoms with Gasteiger partial charge in [0.15, 0.2) is 0 Å². The van der Waals surface area contributed by atoms with Crippen molar-refractivity contribution in [1.29, 1.82) is 0 Å². The number of benzene rings is 1. The van der Waals surface area contributed by atoms with E-state index in [2.05, 4.69) is 40.4 Å². The number of hydrogen-bond acceptors (Lipinski definition) is 2. The largest absolute Gasteiger partial charge is 0.350 e. The molecule has 1 unspecified atom stereocenters. The Labute approximate surface area is 123 Å². The molecule has 1 atom stereocenters. The molecule has 1 saturated heterocycles. The van der Waals surface area contributed by atoms with Gasteiger partial charge in [-0.2, -0.15) is 0 Å². The fraction of sp³-hybridized carbons (Fsp3) is 0.533. The first-order valence-electron chi connectivity index (χ1n) is 6.77. The summed E-state index contributed by atoms with van der Waals surface area (Å²) in [5.41, 5.74) is 0.926. The Morgan fingerprint density at radius 2 is 2.21 bits per heavy atom. The Morgan fingerprint density at radius 1 is 1.47 bits per heavy atom. The second-order valence-corrected chi connectivity index (χ2v) is 6.64. The minimum atomic E-state index is -0.0179. The van der Waals surface area contributed by atoms with Crippen molar-refractivity contribution in [3.63, 3.8) is 0 Å². The van der Waals surface area contributed by atoms with E-state index in [1.165, 1.54) is 12.8 Å². The SMILES string of the molecule is CC1(C)CCCNC1CNC(=O)c1ccccc1Br. The average molecular weight is 325 g/mol. The first kappa shape index (κ1) is 14.5. The van der Waals surface area contributed by atoms with Crippen LogP contribution in [-0.4, -0.2) is 25.0 Å². The Bertz CT molecular complexity index is 459. The molecule has 1 aromatic carbocycles. The highest BCUT2D eigenvalue weighted by Gasteiger charge is 2.32. The van der Waals surface area contributed by atoms with E-state index in [0.29, 0.717) is 18.2 Å². The number of hydrogen-bond donors (Lipinski definition) is 2. The third kappa shape index (κ3) is 3.57. The molecule has 4 heteroatoms. The predicted molar refractivity (Wildman–Crippen MR) is 81.3 cm³/mol. The van der Waals surface area contributed by atoms with E-state index in [1.807, 2.05) is 24.3 Å². The molecule has 1 heterocycles. The maximum Gasteiger partial charge on any atom is 0.252 e. The van der Waals surface area contributed by atoms with Gasteiger partial charge in [0.1, 0.15) is 0 Å². The normalized spacial score (nSPS) is 21.9. The maximum atomic E-state index is 12.2. The zero-order chi connectivity index (χ0) is 13.9. The van der Waals surface area contributed by atoms with Crippen LogP contribution in [0.15, 0.2) is 28.7 Å². The second kappa shape index (κ2) is 6.06. The molecule has 0 bridgehead atoms. The lowest BCUT2D eigenvalue weighted by Gasteiger charge is -2.39.